The molecule has 7 nitrogen and oxygen atoms in total. The number of halogens is 1. The number of hydrogen-bond acceptors (Lipinski definition) is 7. The van der Waals surface area contributed by atoms with Crippen molar-refractivity contribution in [3.63, 3.8) is 0 Å². The minimum absolute atomic E-state index is 0.0738. The van der Waals surface area contributed by atoms with Crippen LogP contribution in [0.2, 0.25) is 0 Å². The van der Waals surface area contributed by atoms with E-state index in [0.717, 1.165) is 11.1 Å². The first-order chi connectivity index (χ1) is 15.1. The van der Waals surface area contributed by atoms with Gasteiger partial charge in [-0.2, -0.15) is 5.26 Å². The minimum Gasteiger partial charge on any atom is -0.494 e. The molecule has 162 valence electrons. The molecule has 4 atom stereocenters. The van der Waals surface area contributed by atoms with Gasteiger partial charge in [-0.25, -0.2) is 15.2 Å². The highest BCUT2D eigenvalue weighted by Gasteiger charge is 2.49. The molecular formula is C23H25FN4O3. The van der Waals surface area contributed by atoms with Crippen molar-refractivity contribution in [1.29, 1.82) is 5.26 Å². The van der Waals surface area contributed by atoms with E-state index in [4.69, 9.17) is 19.9 Å². The number of hydrogen-bond donors (Lipinski definition) is 3. The van der Waals surface area contributed by atoms with Crippen LogP contribution in [0.1, 0.15) is 36.9 Å². The van der Waals surface area contributed by atoms with E-state index in [-0.39, 0.29) is 23.7 Å². The maximum absolute atomic E-state index is 13.6. The summed E-state index contributed by atoms with van der Waals surface area (Å²) in [4.78, 5) is 0. The predicted octanol–water partition coefficient (Wildman–Crippen LogP) is 3.22. The molecule has 0 aromatic heterocycles. The van der Waals surface area contributed by atoms with E-state index in [9.17, 15) is 9.65 Å². The second kappa shape index (κ2) is 8.84. The van der Waals surface area contributed by atoms with Crippen LogP contribution in [-0.4, -0.2) is 19.4 Å². The summed E-state index contributed by atoms with van der Waals surface area (Å²) in [6, 6.07) is 13.8. The molecule has 1 saturated heterocycles. The highest BCUT2D eigenvalue weighted by Crippen LogP contribution is 2.49. The van der Waals surface area contributed by atoms with Gasteiger partial charge in [-0.05, 0) is 37.6 Å². The van der Waals surface area contributed by atoms with E-state index in [1.54, 1.807) is 12.1 Å². The molecule has 2 aromatic rings. The van der Waals surface area contributed by atoms with Gasteiger partial charge in [0.2, 0.25) is 5.88 Å². The fourth-order valence-corrected chi connectivity index (χ4v) is 4.34. The lowest BCUT2D eigenvalue weighted by Gasteiger charge is -2.36. The average molecular weight is 424 g/mol. The van der Waals surface area contributed by atoms with Gasteiger partial charge >= 0.3 is 0 Å². The summed E-state index contributed by atoms with van der Waals surface area (Å²) in [5, 5.41) is 9.83. The van der Waals surface area contributed by atoms with Crippen LogP contribution in [0.3, 0.4) is 0 Å². The Labute approximate surface area is 180 Å². The van der Waals surface area contributed by atoms with E-state index >= 15 is 0 Å². The van der Waals surface area contributed by atoms with Crippen molar-refractivity contribution in [3.8, 4) is 17.6 Å². The summed E-state index contributed by atoms with van der Waals surface area (Å²) in [6.45, 7) is 4.89. The smallest absolute Gasteiger partial charge is 0.200 e. The molecule has 8 heteroatoms. The first kappa shape index (κ1) is 21.0. The van der Waals surface area contributed by atoms with E-state index < -0.39 is 12.1 Å². The van der Waals surface area contributed by atoms with Crippen molar-refractivity contribution in [2.24, 2.45) is 11.7 Å². The summed E-state index contributed by atoms with van der Waals surface area (Å²) < 4.78 is 30.9. The molecule has 0 amide bonds. The number of fused-ring (bicyclic) bond motifs is 1. The van der Waals surface area contributed by atoms with Crippen LogP contribution in [0.4, 0.5) is 4.39 Å². The highest BCUT2D eigenvalue weighted by atomic mass is 19.1. The Morgan fingerprint density at radius 3 is 2.52 bits per heavy atom. The fourth-order valence-electron chi connectivity index (χ4n) is 4.34. The van der Waals surface area contributed by atoms with Gasteiger partial charge in [0, 0.05) is 23.5 Å². The largest absolute Gasteiger partial charge is 0.494 e. The van der Waals surface area contributed by atoms with Crippen LogP contribution in [0.25, 0.3) is 0 Å². The minimum atomic E-state index is -0.474. The van der Waals surface area contributed by atoms with Crippen molar-refractivity contribution in [1.82, 2.24) is 10.9 Å². The maximum atomic E-state index is 13.6. The lowest BCUT2D eigenvalue weighted by atomic mass is 9.74. The SMILES string of the molecule is CCOc1ccc(C2NNC3OC(N)=C(C#N)C(c4ccc(F)cc4)C32)c(OCC)c1. The van der Waals surface area contributed by atoms with Crippen LogP contribution in [0.15, 0.2) is 53.9 Å². The number of nitriles is 1. The quantitative estimate of drug-likeness (QED) is 0.654. The summed E-state index contributed by atoms with van der Waals surface area (Å²) in [7, 11) is 0. The lowest BCUT2D eigenvalue weighted by Crippen LogP contribution is -2.41. The van der Waals surface area contributed by atoms with Gasteiger partial charge in [-0.3, -0.25) is 0 Å². The normalized spacial score (nSPS) is 24.8. The number of hydrazine groups is 1. The van der Waals surface area contributed by atoms with Gasteiger partial charge in [0.05, 0.1) is 24.8 Å². The lowest BCUT2D eigenvalue weighted by molar-refractivity contribution is 0.0339. The van der Waals surface area contributed by atoms with Crippen LogP contribution < -0.4 is 26.1 Å². The molecule has 0 radical (unpaired) electrons. The van der Waals surface area contributed by atoms with Gasteiger partial charge in [-0.15, -0.1) is 0 Å². The van der Waals surface area contributed by atoms with Crippen LogP contribution in [-0.2, 0) is 4.74 Å². The zero-order chi connectivity index (χ0) is 22.0. The monoisotopic (exact) mass is 424 g/mol. The number of nitrogens with two attached hydrogens (primary N) is 1. The Hall–Kier alpha value is -3.28. The van der Waals surface area contributed by atoms with E-state index in [1.807, 2.05) is 32.0 Å². The summed E-state index contributed by atoms with van der Waals surface area (Å²) in [5.74, 6) is 0.515. The third kappa shape index (κ3) is 3.90. The number of rotatable bonds is 6. The first-order valence-corrected chi connectivity index (χ1v) is 10.3. The summed E-state index contributed by atoms with van der Waals surface area (Å²) in [5.41, 5.74) is 14.5. The Morgan fingerprint density at radius 2 is 1.84 bits per heavy atom. The Bertz CT molecular complexity index is 1020. The number of nitrogens with zero attached hydrogens (tertiary/aromatic N) is 1. The Balaban J connectivity index is 1.79. The second-order valence-electron chi connectivity index (χ2n) is 7.37. The van der Waals surface area contributed by atoms with E-state index in [0.29, 0.717) is 30.3 Å². The number of benzene rings is 2. The van der Waals surface area contributed by atoms with Crippen LogP contribution >= 0.6 is 0 Å². The molecule has 0 aliphatic carbocycles. The summed E-state index contributed by atoms with van der Waals surface area (Å²) in [6.07, 6.45) is -0.474. The van der Waals surface area contributed by atoms with Crippen molar-refractivity contribution in [2.45, 2.75) is 32.0 Å². The Kier molecular flexibility index (Phi) is 5.98. The van der Waals surface area contributed by atoms with Crippen molar-refractivity contribution < 1.29 is 18.6 Å². The molecule has 4 N–H and O–H groups in total. The van der Waals surface area contributed by atoms with Gasteiger partial charge in [0.15, 0.2) is 6.23 Å². The van der Waals surface area contributed by atoms with Gasteiger partial charge in [0.1, 0.15) is 23.4 Å². The molecule has 0 saturated carbocycles. The van der Waals surface area contributed by atoms with E-state index in [1.165, 1.54) is 12.1 Å². The van der Waals surface area contributed by atoms with Crippen molar-refractivity contribution in [3.05, 3.63) is 70.9 Å². The Morgan fingerprint density at radius 1 is 1.10 bits per heavy atom. The maximum Gasteiger partial charge on any atom is 0.200 e. The van der Waals surface area contributed by atoms with Gasteiger partial charge < -0.3 is 19.9 Å². The number of nitrogens with one attached hydrogen (secondary N) is 2. The molecule has 0 bridgehead atoms. The van der Waals surface area contributed by atoms with Crippen molar-refractivity contribution >= 4 is 0 Å². The molecular weight excluding hydrogens is 399 g/mol. The zero-order valence-corrected chi connectivity index (χ0v) is 17.4. The molecule has 2 heterocycles. The zero-order valence-electron chi connectivity index (χ0n) is 17.4. The van der Waals surface area contributed by atoms with Crippen LogP contribution in [0.5, 0.6) is 11.5 Å². The molecule has 4 unspecified atom stereocenters. The standard InChI is InChI=1S/C23H25FN4O3/c1-3-29-15-9-10-16(18(11-15)30-4-2)21-20-19(13-5-7-14(24)8-6-13)17(12-25)22(26)31-23(20)28-27-21/h5-11,19-21,23,27-28H,3-4,26H2,1-2H3. The van der Waals surface area contributed by atoms with Gasteiger partial charge in [-0.1, -0.05) is 18.2 Å². The number of allylic oxidation sites excluding steroid dienone is 1. The molecule has 0 spiro atoms. The highest BCUT2D eigenvalue weighted by molar-refractivity contribution is 5.47. The molecule has 2 aromatic carbocycles. The second-order valence-corrected chi connectivity index (χ2v) is 7.37. The molecule has 4 rings (SSSR count). The van der Waals surface area contributed by atoms with Crippen LogP contribution in [0, 0.1) is 23.1 Å². The third-order valence-electron chi connectivity index (χ3n) is 5.61. The fraction of sp³-hybridized carbons (Fsp3) is 0.348. The molecule has 2 aliphatic heterocycles. The molecule has 1 fully saturated rings. The first-order valence-electron chi connectivity index (χ1n) is 10.3. The molecule has 2 aliphatic rings. The average Bonchev–Trinajstić information content (AvgIpc) is 3.17. The number of ether oxygens (including phenoxy) is 3. The van der Waals surface area contributed by atoms with E-state index in [2.05, 4.69) is 16.9 Å². The van der Waals surface area contributed by atoms with Gasteiger partial charge in [0.25, 0.3) is 0 Å². The predicted molar refractivity (Wildman–Crippen MR) is 112 cm³/mol. The van der Waals surface area contributed by atoms with Crippen molar-refractivity contribution in [2.75, 3.05) is 13.2 Å². The topological polar surface area (TPSA) is 102 Å². The third-order valence-corrected chi connectivity index (χ3v) is 5.61. The molecule has 31 heavy (non-hydrogen) atoms. The summed E-state index contributed by atoms with van der Waals surface area (Å²) >= 11 is 0.